The Morgan fingerprint density at radius 2 is 2.26 bits per heavy atom. The monoisotopic (exact) mass is 282 g/mol. The van der Waals surface area contributed by atoms with E-state index in [1.807, 2.05) is 11.3 Å². The predicted molar refractivity (Wildman–Crippen MR) is 81.0 cm³/mol. The molecule has 0 amide bonds. The Hall–Kier alpha value is -0.450. The lowest BCUT2D eigenvalue weighted by molar-refractivity contribution is 0.0189. The van der Waals surface area contributed by atoms with E-state index < -0.39 is 0 Å². The van der Waals surface area contributed by atoms with Crippen LogP contribution in [0.4, 0.5) is 0 Å². The van der Waals surface area contributed by atoms with Crippen LogP contribution in [-0.4, -0.2) is 25.2 Å². The standard InChI is InChI=1S/C15H26N2OS/c1-5-9-16-10-11-7-6-8-12-13(11)17-14(19-12)15(2,3)18-4/h11,16H,5-10H2,1-4H3. The van der Waals surface area contributed by atoms with E-state index in [0.29, 0.717) is 5.92 Å². The Labute approximate surface area is 120 Å². The molecular formula is C15H26N2OS. The lowest BCUT2D eigenvalue weighted by Crippen LogP contribution is -2.25. The van der Waals surface area contributed by atoms with Gasteiger partial charge in [0.15, 0.2) is 0 Å². The summed E-state index contributed by atoms with van der Waals surface area (Å²) in [5.74, 6) is 0.591. The first-order valence-corrected chi connectivity index (χ1v) is 8.16. The van der Waals surface area contributed by atoms with Gasteiger partial charge in [-0.2, -0.15) is 0 Å². The number of aryl methyl sites for hydroxylation is 1. The number of thiazole rings is 1. The molecule has 4 heteroatoms. The van der Waals surface area contributed by atoms with Crippen LogP contribution in [0.15, 0.2) is 0 Å². The van der Waals surface area contributed by atoms with Gasteiger partial charge in [0.2, 0.25) is 0 Å². The molecule has 0 fully saturated rings. The molecule has 0 spiro atoms. The molecule has 0 radical (unpaired) electrons. The highest BCUT2D eigenvalue weighted by atomic mass is 32.1. The maximum atomic E-state index is 5.57. The van der Waals surface area contributed by atoms with Crippen LogP contribution in [-0.2, 0) is 16.8 Å². The Kier molecular flexibility index (Phi) is 4.98. The van der Waals surface area contributed by atoms with Gasteiger partial charge in [-0.25, -0.2) is 4.98 Å². The van der Waals surface area contributed by atoms with Crippen molar-refractivity contribution in [3.63, 3.8) is 0 Å². The minimum absolute atomic E-state index is 0.261. The van der Waals surface area contributed by atoms with Crippen LogP contribution in [0.1, 0.15) is 61.5 Å². The average Bonchev–Trinajstić information content (AvgIpc) is 2.84. The van der Waals surface area contributed by atoms with Crippen LogP contribution in [0.3, 0.4) is 0 Å². The molecule has 0 aromatic carbocycles. The maximum Gasteiger partial charge on any atom is 0.125 e. The predicted octanol–water partition coefficient (Wildman–Crippen LogP) is 3.44. The third-order valence-electron chi connectivity index (χ3n) is 3.91. The fourth-order valence-electron chi connectivity index (χ4n) is 2.50. The number of hydrogen-bond acceptors (Lipinski definition) is 4. The van der Waals surface area contributed by atoms with Gasteiger partial charge in [0.25, 0.3) is 0 Å². The molecule has 1 heterocycles. The Balaban J connectivity index is 2.15. The van der Waals surface area contributed by atoms with E-state index in [-0.39, 0.29) is 5.60 Å². The number of rotatable bonds is 6. The van der Waals surface area contributed by atoms with Gasteiger partial charge in [0, 0.05) is 24.4 Å². The lowest BCUT2D eigenvalue weighted by atomic mass is 9.91. The SMILES string of the molecule is CCCNCC1CCCc2sc(C(C)(C)OC)nc21. The molecule has 1 atom stereocenters. The van der Waals surface area contributed by atoms with E-state index in [1.165, 1.54) is 36.3 Å². The molecule has 1 aromatic heterocycles. The highest BCUT2D eigenvalue weighted by Crippen LogP contribution is 2.38. The van der Waals surface area contributed by atoms with Crippen LogP contribution >= 0.6 is 11.3 Å². The Bertz CT molecular complexity index is 414. The number of hydrogen-bond donors (Lipinski definition) is 1. The smallest absolute Gasteiger partial charge is 0.125 e. The van der Waals surface area contributed by atoms with E-state index in [4.69, 9.17) is 9.72 Å². The minimum Gasteiger partial charge on any atom is -0.372 e. The number of ether oxygens (including phenoxy) is 1. The van der Waals surface area contributed by atoms with Crippen molar-refractivity contribution in [3.8, 4) is 0 Å². The van der Waals surface area contributed by atoms with Crippen molar-refractivity contribution in [2.45, 2.75) is 58.0 Å². The first kappa shape index (κ1) is 14.9. The summed E-state index contributed by atoms with van der Waals surface area (Å²) in [7, 11) is 1.76. The van der Waals surface area contributed by atoms with Crippen LogP contribution in [0.25, 0.3) is 0 Å². The molecule has 1 aliphatic rings. The number of methoxy groups -OCH3 is 1. The fraction of sp³-hybridized carbons (Fsp3) is 0.800. The van der Waals surface area contributed by atoms with E-state index in [1.54, 1.807) is 7.11 Å². The molecule has 1 aliphatic carbocycles. The maximum absolute atomic E-state index is 5.57. The molecule has 1 unspecified atom stereocenters. The second-order valence-corrected chi connectivity index (χ2v) is 6.92. The Morgan fingerprint density at radius 3 is 2.95 bits per heavy atom. The lowest BCUT2D eigenvalue weighted by Gasteiger charge is -2.21. The topological polar surface area (TPSA) is 34.1 Å². The summed E-state index contributed by atoms with van der Waals surface area (Å²) in [5, 5.41) is 4.67. The molecule has 1 aromatic rings. The zero-order chi connectivity index (χ0) is 13.9. The highest BCUT2D eigenvalue weighted by molar-refractivity contribution is 7.11. The molecule has 0 aliphatic heterocycles. The van der Waals surface area contributed by atoms with E-state index in [2.05, 4.69) is 26.1 Å². The quantitative estimate of drug-likeness (QED) is 0.812. The van der Waals surface area contributed by atoms with Crippen LogP contribution in [0.5, 0.6) is 0 Å². The molecular weight excluding hydrogens is 256 g/mol. The van der Waals surface area contributed by atoms with Gasteiger partial charge < -0.3 is 10.1 Å². The third-order valence-corrected chi connectivity index (χ3v) is 5.35. The van der Waals surface area contributed by atoms with Gasteiger partial charge in [0.1, 0.15) is 10.6 Å². The first-order chi connectivity index (χ1) is 9.08. The summed E-state index contributed by atoms with van der Waals surface area (Å²) < 4.78 is 5.57. The molecule has 0 saturated heterocycles. The van der Waals surface area contributed by atoms with Gasteiger partial charge in [-0.15, -0.1) is 11.3 Å². The minimum atomic E-state index is -0.261. The van der Waals surface area contributed by atoms with E-state index in [0.717, 1.165) is 18.1 Å². The molecule has 2 rings (SSSR count). The third kappa shape index (κ3) is 3.36. The summed E-state index contributed by atoms with van der Waals surface area (Å²) in [6.45, 7) is 8.58. The molecule has 108 valence electrons. The van der Waals surface area contributed by atoms with E-state index >= 15 is 0 Å². The van der Waals surface area contributed by atoms with E-state index in [9.17, 15) is 0 Å². The van der Waals surface area contributed by atoms with Gasteiger partial charge in [-0.1, -0.05) is 6.92 Å². The van der Waals surface area contributed by atoms with Crippen molar-refractivity contribution >= 4 is 11.3 Å². The van der Waals surface area contributed by atoms with Gasteiger partial charge in [0.05, 0.1) is 5.69 Å². The first-order valence-electron chi connectivity index (χ1n) is 7.34. The normalized spacial score (nSPS) is 19.5. The number of fused-ring (bicyclic) bond motifs is 1. The number of nitrogens with one attached hydrogen (secondary N) is 1. The van der Waals surface area contributed by atoms with Gasteiger partial charge in [-0.05, 0) is 46.1 Å². The molecule has 3 nitrogen and oxygen atoms in total. The van der Waals surface area contributed by atoms with Crippen LogP contribution in [0.2, 0.25) is 0 Å². The molecule has 19 heavy (non-hydrogen) atoms. The molecule has 0 bridgehead atoms. The van der Waals surface area contributed by atoms with Crippen molar-refractivity contribution < 1.29 is 4.74 Å². The summed E-state index contributed by atoms with van der Waals surface area (Å²) in [4.78, 5) is 6.39. The van der Waals surface area contributed by atoms with Crippen molar-refractivity contribution in [1.29, 1.82) is 0 Å². The Morgan fingerprint density at radius 1 is 1.47 bits per heavy atom. The van der Waals surface area contributed by atoms with Crippen molar-refractivity contribution in [2.75, 3.05) is 20.2 Å². The average molecular weight is 282 g/mol. The van der Waals surface area contributed by atoms with Crippen molar-refractivity contribution in [1.82, 2.24) is 10.3 Å². The zero-order valence-electron chi connectivity index (χ0n) is 12.6. The van der Waals surface area contributed by atoms with Gasteiger partial charge in [-0.3, -0.25) is 0 Å². The molecule has 1 N–H and O–H groups in total. The number of nitrogens with zero attached hydrogens (tertiary/aromatic N) is 1. The summed E-state index contributed by atoms with van der Waals surface area (Å²) in [6.07, 6.45) is 4.94. The highest BCUT2D eigenvalue weighted by Gasteiger charge is 2.30. The fourth-order valence-corrected chi connectivity index (χ4v) is 3.77. The second kappa shape index (κ2) is 6.33. The van der Waals surface area contributed by atoms with Crippen molar-refractivity contribution in [2.24, 2.45) is 0 Å². The van der Waals surface area contributed by atoms with Gasteiger partial charge >= 0.3 is 0 Å². The largest absolute Gasteiger partial charge is 0.372 e. The summed E-state index contributed by atoms with van der Waals surface area (Å²) in [6, 6.07) is 0. The summed E-state index contributed by atoms with van der Waals surface area (Å²) >= 11 is 1.85. The van der Waals surface area contributed by atoms with Crippen LogP contribution in [0, 0.1) is 0 Å². The van der Waals surface area contributed by atoms with Crippen molar-refractivity contribution in [3.05, 3.63) is 15.6 Å². The molecule has 0 saturated carbocycles. The summed E-state index contributed by atoms with van der Waals surface area (Å²) in [5.41, 5.74) is 1.07. The number of aromatic nitrogens is 1. The second-order valence-electron chi connectivity index (χ2n) is 5.84. The van der Waals surface area contributed by atoms with Crippen LogP contribution < -0.4 is 5.32 Å². The zero-order valence-corrected chi connectivity index (χ0v) is 13.4.